The van der Waals surface area contributed by atoms with E-state index in [1.165, 1.54) is 31.2 Å². The van der Waals surface area contributed by atoms with E-state index in [4.69, 9.17) is 4.74 Å². The van der Waals surface area contributed by atoms with Crippen LogP contribution >= 0.6 is 0 Å². The van der Waals surface area contributed by atoms with Crippen LogP contribution in [-0.2, 0) is 6.42 Å². The monoisotopic (exact) mass is 284 g/mol. The molecule has 0 aliphatic rings. The van der Waals surface area contributed by atoms with E-state index >= 15 is 0 Å². The Morgan fingerprint density at radius 2 is 1.76 bits per heavy atom. The molecule has 1 N–H and O–H groups in total. The molecule has 21 heavy (non-hydrogen) atoms. The average Bonchev–Trinajstić information content (AvgIpc) is 2.48. The lowest BCUT2D eigenvalue weighted by molar-refractivity contribution is 0.409. The second kappa shape index (κ2) is 7.72. The Morgan fingerprint density at radius 3 is 2.48 bits per heavy atom. The van der Waals surface area contributed by atoms with Gasteiger partial charge in [-0.2, -0.15) is 0 Å². The Kier molecular flexibility index (Phi) is 5.68. The van der Waals surface area contributed by atoms with Gasteiger partial charge in [0, 0.05) is 0 Å². The molecule has 0 spiro atoms. The van der Waals surface area contributed by atoms with Gasteiger partial charge in [0.2, 0.25) is 0 Å². The third-order valence-electron chi connectivity index (χ3n) is 3.66. The van der Waals surface area contributed by atoms with Gasteiger partial charge >= 0.3 is 0 Å². The third kappa shape index (κ3) is 4.52. The van der Waals surface area contributed by atoms with Gasteiger partial charge < -0.3 is 9.84 Å². The Labute approximate surface area is 127 Å². The van der Waals surface area contributed by atoms with Crippen molar-refractivity contribution in [2.24, 2.45) is 0 Å². The van der Waals surface area contributed by atoms with E-state index in [0.29, 0.717) is 5.75 Å². The first-order valence-electron chi connectivity index (χ1n) is 7.76. The highest BCUT2D eigenvalue weighted by Gasteiger charge is 2.07. The molecular formula is C19H24O2. The van der Waals surface area contributed by atoms with Gasteiger partial charge in [-0.3, -0.25) is 0 Å². The van der Waals surface area contributed by atoms with Crippen LogP contribution in [0.4, 0.5) is 0 Å². The van der Waals surface area contributed by atoms with Crippen molar-refractivity contribution in [1.82, 2.24) is 0 Å². The van der Waals surface area contributed by atoms with Gasteiger partial charge in [0.25, 0.3) is 0 Å². The average molecular weight is 284 g/mol. The largest absolute Gasteiger partial charge is 0.504 e. The normalized spacial score (nSPS) is 10.6. The summed E-state index contributed by atoms with van der Waals surface area (Å²) in [5.74, 6) is 1.51. The molecule has 0 unspecified atom stereocenters. The van der Waals surface area contributed by atoms with E-state index in [1.807, 2.05) is 49.4 Å². The van der Waals surface area contributed by atoms with Crippen molar-refractivity contribution in [3.8, 4) is 17.2 Å². The maximum Gasteiger partial charge on any atom is 0.169 e. The van der Waals surface area contributed by atoms with Gasteiger partial charge in [-0.15, -0.1) is 0 Å². The standard InChI is InChI=1S/C19H24O2/c1-3-4-5-6-10-16-12-13-19(17(20)14-16)21-18-11-8-7-9-15(18)2/h7-9,11-14,20H,3-6,10H2,1-2H3. The summed E-state index contributed by atoms with van der Waals surface area (Å²) < 4.78 is 5.79. The lowest BCUT2D eigenvalue weighted by Gasteiger charge is -2.11. The van der Waals surface area contributed by atoms with Gasteiger partial charge in [0.15, 0.2) is 11.5 Å². The quantitative estimate of drug-likeness (QED) is 0.669. The maximum absolute atomic E-state index is 10.1. The Balaban J connectivity index is 2.01. The number of aryl methyl sites for hydroxylation is 2. The fourth-order valence-electron chi connectivity index (χ4n) is 2.35. The van der Waals surface area contributed by atoms with Crippen LogP contribution < -0.4 is 4.74 Å². The molecular weight excluding hydrogens is 260 g/mol. The highest BCUT2D eigenvalue weighted by Crippen LogP contribution is 2.33. The number of para-hydroxylation sites is 1. The number of rotatable bonds is 7. The molecule has 0 radical (unpaired) electrons. The fourth-order valence-corrected chi connectivity index (χ4v) is 2.35. The molecule has 2 rings (SSSR count). The van der Waals surface area contributed by atoms with E-state index in [-0.39, 0.29) is 5.75 Å². The molecule has 0 heterocycles. The minimum Gasteiger partial charge on any atom is -0.504 e. The van der Waals surface area contributed by atoms with Crippen molar-refractivity contribution in [1.29, 1.82) is 0 Å². The molecule has 0 amide bonds. The number of benzene rings is 2. The van der Waals surface area contributed by atoms with Crippen LogP contribution in [0.5, 0.6) is 17.2 Å². The number of aromatic hydroxyl groups is 1. The SMILES string of the molecule is CCCCCCc1ccc(Oc2ccccc2C)c(O)c1. The van der Waals surface area contributed by atoms with Gasteiger partial charge in [-0.1, -0.05) is 50.5 Å². The van der Waals surface area contributed by atoms with E-state index in [2.05, 4.69) is 6.92 Å². The van der Waals surface area contributed by atoms with Gasteiger partial charge in [-0.25, -0.2) is 0 Å². The predicted octanol–water partition coefficient (Wildman–Crippen LogP) is 5.62. The van der Waals surface area contributed by atoms with Crippen molar-refractivity contribution < 1.29 is 9.84 Å². The summed E-state index contributed by atoms with van der Waals surface area (Å²) in [6.07, 6.45) is 5.96. The molecule has 0 fully saturated rings. The number of hydrogen-bond acceptors (Lipinski definition) is 2. The van der Waals surface area contributed by atoms with Crippen LogP contribution in [0.3, 0.4) is 0 Å². The highest BCUT2D eigenvalue weighted by atomic mass is 16.5. The Hall–Kier alpha value is -1.96. The van der Waals surface area contributed by atoms with Crippen molar-refractivity contribution in [2.45, 2.75) is 46.0 Å². The third-order valence-corrected chi connectivity index (χ3v) is 3.66. The first kappa shape index (κ1) is 15.4. The molecule has 2 aromatic rings. The summed E-state index contributed by atoms with van der Waals surface area (Å²) in [6.45, 7) is 4.21. The first-order chi connectivity index (χ1) is 10.2. The first-order valence-corrected chi connectivity index (χ1v) is 7.76. The zero-order valence-electron chi connectivity index (χ0n) is 12.9. The molecule has 0 aliphatic carbocycles. The molecule has 2 heteroatoms. The van der Waals surface area contributed by atoms with Crippen LogP contribution in [0, 0.1) is 6.92 Å². The lowest BCUT2D eigenvalue weighted by Crippen LogP contribution is -1.90. The van der Waals surface area contributed by atoms with Crippen LogP contribution in [0.25, 0.3) is 0 Å². The summed E-state index contributed by atoms with van der Waals surface area (Å²) in [5.41, 5.74) is 2.22. The minimum atomic E-state index is 0.214. The second-order valence-corrected chi connectivity index (χ2v) is 5.48. The topological polar surface area (TPSA) is 29.5 Å². The lowest BCUT2D eigenvalue weighted by atomic mass is 10.1. The van der Waals surface area contributed by atoms with Gasteiger partial charge in [0.05, 0.1) is 0 Å². The summed E-state index contributed by atoms with van der Waals surface area (Å²) >= 11 is 0. The summed E-state index contributed by atoms with van der Waals surface area (Å²) in [6, 6.07) is 13.5. The summed E-state index contributed by atoms with van der Waals surface area (Å²) in [5, 5.41) is 10.1. The number of unbranched alkanes of at least 4 members (excludes halogenated alkanes) is 3. The number of phenolic OH excluding ortho intramolecular Hbond substituents is 1. The van der Waals surface area contributed by atoms with Crippen molar-refractivity contribution in [3.05, 3.63) is 53.6 Å². The molecule has 2 aromatic carbocycles. The smallest absolute Gasteiger partial charge is 0.169 e. The zero-order valence-corrected chi connectivity index (χ0v) is 12.9. The Morgan fingerprint density at radius 1 is 0.952 bits per heavy atom. The second-order valence-electron chi connectivity index (χ2n) is 5.48. The molecule has 2 nitrogen and oxygen atoms in total. The van der Waals surface area contributed by atoms with Crippen LogP contribution in [0.1, 0.15) is 43.7 Å². The van der Waals surface area contributed by atoms with Crippen LogP contribution in [-0.4, -0.2) is 5.11 Å². The fraction of sp³-hybridized carbons (Fsp3) is 0.368. The number of phenols is 1. The van der Waals surface area contributed by atoms with Crippen molar-refractivity contribution in [3.63, 3.8) is 0 Å². The van der Waals surface area contributed by atoms with E-state index in [9.17, 15) is 5.11 Å². The predicted molar refractivity (Wildman–Crippen MR) is 87.2 cm³/mol. The molecule has 0 saturated carbocycles. The zero-order chi connectivity index (χ0) is 15.1. The van der Waals surface area contributed by atoms with E-state index in [0.717, 1.165) is 17.7 Å². The maximum atomic E-state index is 10.1. The molecule has 0 aliphatic heterocycles. The summed E-state index contributed by atoms with van der Waals surface area (Å²) in [7, 11) is 0. The Bertz CT molecular complexity index is 576. The van der Waals surface area contributed by atoms with Crippen molar-refractivity contribution in [2.75, 3.05) is 0 Å². The van der Waals surface area contributed by atoms with Crippen molar-refractivity contribution >= 4 is 0 Å². The van der Waals surface area contributed by atoms with Gasteiger partial charge in [0.1, 0.15) is 5.75 Å². The highest BCUT2D eigenvalue weighted by molar-refractivity contribution is 5.45. The summed E-state index contributed by atoms with van der Waals surface area (Å²) in [4.78, 5) is 0. The number of ether oxygens (including phenoxy) is 1. The molecule has 0 bridgehead atoms. The molecule has 0 atom stereocenters. The van der Waals surface area contributed by atoms with Gasteiger partial charge in [-0.05, 0) is 49.1 Å². The van der Waals surface area contributed by atoms with E-state index < -0.39 is 0 Å². The van der Waals surface area contributed by atoms with Crippen LogP contribution in [0.2, 0.25) is 0 Å². The number of hydrogen-bond donors (Lipinski definition) is 1. The minimum absolute atomic E-state index is 0.214. The van der Waals surface area contributed by atoms with Crippen LogP contribution in [0.15, 0.2) is 42.5 Å². The molecule has 112 valence electrons. The van der Waals surface area contributed by atoms with E-state index in [1.54, 1.807) is 0 Å². The molecule has 0 saturated heterocycles. The molecule has 0 aromatic heterocycles.